The number of hydrogen-bond donors (Lipinski definition) is 1. The van der Waals surface area contributed by atoms with E-state index in [9.17, 15) is 5.11 Å². The molecular weight excluding hydrogens is 250 g/mol. The molecule has 0 aliphatic carbocycles. The summed E-state index contributed by atoms with van der Waals surface area (Å²) in [6.07, 6.45) is 3.57. The monoisotopic (exact) mass is 271 g/mol. The maximum Gasteiger partial charge on any atom is 0.119 e. The number of rotatable bonds is 3. The lowest BCUT2D eigenvalue weighted by Gasteiger charge is -2.39. The van der Waals surface area contributed by atoms with E-state index in [1.807, 2.05) is 19.2 Å². The standard InChI is InChI=1S/C16H21N3O/c1-18-15(8-10-17-18)16(20)9-5-11-19(13-16)12-14-6-3-2-4-7-14/h2-4,6-8,10,20H,5,9,11-13H2,1H3. The Balaban J connectivity index is 1.75. The summed E-state index contributed by atoms with van der Waals surface area (Å²) in [4.78, 5) is 2.33. The lowest BCUT2D eigenvalue weighted by Crippen LogP contribution is -2.46. The molecule has 1 unspecified atom stereocenters. The minimum atomic E-state index is -0.779. The maximum absolute atomic E-state index is 11.0. The molecule has 1 aromatic carbocycles. The van der Waals surface area contributed by atoms with Crippen LogP contribution in [0.3, 0.4) is 0 Å². The Kier molecular flexibility index (Phi) is 3.59. The molecule has 0 radical (unpaired) electrons. The molecule has 2 heterocycles. The predicted octanol–water partition coefficient (Wildman–Crippen LogP) is 1.90. The van der Waals surface area contributed by atoms with Crippen molar-refractivity contribution in [3.05, 3.63) is 53.9 Å². The zero-order chi connectivity index (χ0) is 14.0. The number of hydrogen-bond acceptors (Lipinski definition) is 3. The lowest BCUT2D eigenvalue weighted by molar-refractivity contribution is -0.0439. The third-order valence-corrected chi connectivity index (χ3v) is 4.10. The van der Waals surface area contributed by atoms with E-state index < -0.39 is 5.60 Å². The van der Waals surface area contributed by atoms with Crippen molar-refractivity contribution in [2.45, 2.75) is 25.0 Å². The van der Waals surface area contributed by atoms with Crippen molar-refractivity contribution in [3.63, 3.8) is 0 Å². The molecule has 1 atom stereocenters. The van der Waals surface area contributed by atoms with Crippen LogP contribution in [-0.4, -0.2) is 32.9 Å². The summed E-state index contributed by atoms with van der Waals surface area (Å²) >= 11 is 0. The van der Waals surface area contributed by atoms with Crippen LogP contribution in [0.1, 0.15) is 24.1 Å². The van der Waals surface area contributed by atoms with E-state index in [1.54, 1.807) is 10.9 Å². The third kappa shape index (κ3) is 2.62. The number of benzene rings is 1. The fraction of sp³-hybridized carbons (Fsp3) is 0.438. The van der Waals surface area contributed by atoms with Gasteiger partial charge in [-0.05, 0) is 31.0 Å². The summed E-state index contributed by atoms with van der Waals surface area (Å²) in [6.45, 7) is 2.59. The summed E-state index contributed by atoms with van der Waals surface area (Å²) in [5.74, 6) is 0. The molecule has 1 aliphatic rings. The normalized spacial score (nSPS) is 23.9. The number of piperidine rings is 1. The first-order valence-corrected chi connectivity index (χ1v) is 7.14. The Bertz CT molecular complexity index is 566. The first-order chi connectivity index (χ1) is 9.67. The minimum absolute atomic E-state index is 0.668. The molecule has 0 spiro atoms. The van der Waals surface area contributed by atoms with Gasteiger partial charge in [-0.2, -0.15) is 5.10 Å². The SMILES string of the molecule is Cn1nccc1C1(O)CCCN(Cc2ccccc2)C1. The van der Waals surface area contributed by atoms with Crippen LogP contribution >= 0.6 is 0 Å². The Labute approximate surface area is 119 Å². The molecule has 1 saturated heterocycles. The highest BCUT2D eigenvalue weighted by atomic mass is 16.3. The van der Waals surface area contributed by atoms with Gasteiger partial charge in [0.1, 0.15) is 5.60 Å². The highest BCUT2D eigenvalue weighted by Gasteiger charge is 2.36. The molecule has 1 fully saturated rings. The van der Waals surface area contributed by atoms with E-state index in [2.05, 4.69) is 34.3 Å². The zero-order valence-corrected chi connectivity index (χ0v) is 11.9. The summed E-state index contributed by atoms with van der Waals surface area (Å²) in [5, 5.41) is 15.1. The number of aryl methyl sites for hydroxylation is 1. The molecule has 2 aromatic rings. The fourth-order valence-electron chi connectivity index (χ4n) is 3.14. The van der Waals surface area contributed by atoms with Crippen molar-refractivity contribution >= 4 is 0 Å². The van der Waals surface area contributed by atoms with Gasteiger partial charge in [0.2, 0.25) is 0 Å². The molecular formula is C16H21N3O. The van der Waals surface area contributed by atoms with Crippen LogP contribution in [0.5, 0.6) is 0 Å². The smallest absolute Gasteiger partial charge is 0.119 e. The summed E-state index contributed by atoms with van der Waals surface area (Å²) in [6, 6.07) is 12.4. The minimum Gasteiger partial charge on any atom is -0.382 e. The van der Waals surface area contributed by atoms with Crippen LogP contribution in [0.15, 0.2) is 42.6 Å². The summed E-state index contributed by atoms with van der Waals surface area (Å²) < 4.78 is 1.78. The summed E-state index contributed by atoms with van der Waals surface area (Å²) in [7, 11) is 1.89. The van der Waals surface area contributed by atoms with Crippen molar-refractivity contribution in [1.29, 1.82) is 0 Å². The number of likely N-dealkylation sites (tertiary alicyclic amines) is 1. The molecule has 0 amide bonds. The first kappa shape index (κ1) is 13.3. The van der Waals surface area contributed by atoms with Gasteiger partial charge >= 0.3 is 0 Å². The van der Waals surface area contributed by atoms with Crippen LogP contribution in [-0.2, 0) is 19.2 Å². The van der Waals surface area contributed by atoms with Gasteiger partial charge in [-0.3, -0.25) is 9.58 Å². The number of nitrogens with zero attached hydrogens (tertiary/aromatic N) is 3. The van der Waals surface area contributed by atoms with E-state index in [0.29, 0.717) is 6.54 Å². The van der Waals surface area contributed by atoms with Gasteiger partial charge in [0.25, 0.3) is 0 Å². The quantitative estimate of drug-likeness (QED) is 0.927. The van der Waals surface area contributed by atoms with E-state index in [1.165, 1.54) is 5.56 Å². The number of aliphatic hydroxyl groups is 1. The first-order valence-electron chi connectivity index (χ1n) is 7.14. The van der Waals surface area contributed by atoms with Gasteiger partial charge in [-0.25, -0.2) is 0 Å². The van der Waals surface area contributed by atoms with Crippen molar-refractivity contribution in [3.8, 4) is 0 Å². The molecule has 0 bridgehead atoms. The Hall–Kier alpha value is -1.65. The van der Waals surface area contributed by atoms with Crippen molar-refractivity contribution in [1.82, 2.24) is 14.7 Å². The molecule has 1 aromatic heterocycles. The molecule has 106 valence electrons. The lowest BCUT2D eigenvalue weighted by atomic mass is 9.89. The third-order valence-electron chi connectivity index (χ3n) is 4.10. The van der Waals surface area contributed by atoms with Crippen LogP contribution in [0.4, 0.5) is 0 Å². The van der Waals surface area contributed by atoms with Gasteiger partial charge in [-0.1, -0.05) is 30.3 Å². The van der Waals surface area contributed by atoms with E-state index in [0.717, 1.165) is 31.6 Å². The van der Waals surface area contributed by atoms with Gasteiger partial charge in [0.05, 0.1) is 5.69 Å². The van der Waals surface area contributed by atoms with Gasteiger partial charge in [0, 0.05) is 26.3 Å². The average molecular weight is 271 g/mol. The molecule has 20 heavy (non-hydrogen) atoms. The van der Waals surface area contributed by atoms with Gasteiger partial charge in [0.15, 0.2) is 0 Å². The average Bonchev–Trinajstić information content (AvgIpc) is 2.87. The second kappa shape index (κ2) is 5.38. The van der Waals surface area contributed by atoms with Crippen LogP contribution in [0.25, 0.3) is 0 Å². The van der Waals surface area contributed by atoms with Crippen molar-refractivity contribution in [2.75, 3.05) is 13.1 Å². The second-order valence-electron chi connectivity index (χ2n) is 5.67. The van der Waals surface area contributed by atoms with E-state index in [4.69, 9.17) is 0 Å². The number of β-amino-alcohol motifs (C(OH)–C–C–N with tert-alkyl or cyclic N) is 1. The Morgan fingerprint density at radius 1 is 1.25 bits per heavy atom. The second-order valence-corrected chi connectivity index (χ2v) is 5.67. The molecule has 3 rings (SSSR count). The van der Waals surface area contributed by atoms with Crippen molar-refractivity contribution < 1.29 is 5.11 Å². The summed E-state index contributed by atoms with van der Waals surface area (Å²) in [5.41, 5.74) is 1.43. The van der Waals surface area contributed by atoms with Crippen LogP contribution in [0.2, 0.25) is 0 Å². The number of aromatic nitrogens is 2. The van der Waals surface area contributed by atoms with Crippen LogP contribution in [0, 0.1) is 0 Å². The molecule has 4 heteroatoms. The van der Waals surface area contributed by atoms with Gasteiger partial charge < -0.3 is 5.11 Å². The van der Waals surface area contributed by atoms with Gasteiger partial charge in [-0.15, -0.1) is 0 Å². The molecule has 1 N–H and O–H groups in total. The molecule has 1 aliphatic heterocycles. The Morgan fingerprint density at radius 3 is 2.75 bits per heavy atom. The fourth-order valence-corrected chi connectivity index (χ4v) is 3.14. The van der Waals surface area contributed by atoms with Crippen molar-refractivity contribution in [2.24, 2.45) is 7.05 Å². The Morgan fingerprint density at radius 2 is 2.05 bits per heavy atom. The molecule has 4 nitrogen and oxygen atoms in total. The largest absolute Gasteiger partial charge is 0.382 e. The maximum atomic E-state index is 11.0. The topological polar surface area (TPSA) is 41.3 Å². The highest BCUT2D eigenvalue weighted by molar-refractivity contribution is 5.17. The van der Waals surface area contributed by atoms with E-state index in [-0.39, 0.29) is 0 Å². The van der Waals surface area contributed by atoms with E-state index >= 15 is 0 Å². The van der Waals surface area contributed by atoms with Crippen LogP contribution < -0.4 is 0 Å². The molecule has 0 saturated carbocycles. The highest BCUT2D eigenvalue weighted by Crippen LogP contribution is 2.31. The predicted molar refractivity (Wildman–Crippen MR) is 78.1 cm³/mol. The zero-order valence-electron chi connectivity index (χ0n) is 11.9.